The normalized spacial score (nSPS) is 28.0. The Kier molecular flexibility index (Phi) is 29.4. The number of aliphatic hydroxyl groups is 7. The maximum Gasteiger partial charge on any atom is 0.306 e. The first kappa shape index (κ1) is 53.1. The molecular formula is C44H78O15. The highest BCUT2D eigenvalue weighted by molar-refractivity contribution is 5.70. The SMILES string of the molecule is CCCCC/C=C/C/C=C/CCCCCCCC(=O)OC[C@H](CO[C@@H]1O[C@H](CO[C@@H]2O[C@H](CO)[C@H](O)C(O)C2O)[C@H](O)C(O)C1O)OC(=O)CCCCCCCCCC. The van der Waals surface area contributed by atoms with E-state index in [-0.39, 0.29) is 26.1 Å². The van der Waals surface area contributed by atoms with Crippen LogP contribution >= 0.6 is 0 Å². The lowest BCUT2D eigenvalue weighted by molar-refractivity contribution is -0.332. The topological polar surface area (TPSA) is 231 Å². The van der Waals surface area contributed by atoms with Gasteiger partial charge < -0.3 is 64.2 Å². The van der Waals surface area contributed by atoms with Crippen LogP contribution in [0.4, 0.5) is 0 Å². The zero-order chi connectivity index (χ0) is 43.3. The lowest BCUT2D eigenvalue weighted by Crippen LogP contribution is -2.61. The largest absolute Gasteiger partial charge is 0.462 e. The number of allylic oxidation sites excluding steroid dienone is 4. The van der Waals surface area contributed by atoms with Gasteiger partial charge in [-0.25, -0.2) is 0 Å². The van der Waals surface area contributed by atoms with Crippen LogP contribution in [0.2, 0.25) is 0 Å². The predicted octanol–water partition coefficient (Wildman–Crippen LogP) is 4.43. The van der Waals surface area contributed by atoms with E-state index >= 15 is 0 Å². The van der Waals surface area contributed by atoms with Crippen LogP contribution in [0.3, 0.4) is 0 Å². The van der Waals surface area contributed by atoms with Crippen molar-refractivity contribution >= 4 is 11.9 Å². The zero-order valence-corrected chi connectivity index (χ0v) is 35.7. The third kappa shape index (κ3) is 22.1. The number of carbonyl (C=O) groups excluding carboxylic acids is 2. The summed E-state index contributed by atoms with van der Waals surface area (Å²) in [5.41, 5.74) is 0. The van der Waals surface area contributed by atoms with E-state index in [0.29, 0.717) is 12.8 Å². The first-order valence-corrected chi connectivity index (χ1v) is 22.4. The first-order chi connectivity index (χ1) is 28.5. The van der Waals surface area contributed by atoms with Crippen molar-refractivity contribution in [3.05, 3.63) is 24.3 Å². The van der Waals surface area contributed by atoms with E-state index in [1.54, 1.807) is 0 Å². The van der Waals surface area contributed by atoms with E-state index in [2.05, 4.69) is 38.2 Å². The smallest absolute Gasteiger partial charge is 0.306 e. The number of ether oxygens (including phenoxy) is 6. The molecular weight excluding hydrogens is 768 g/mol. The third-order valence-corrected chi connectivity index (χ3v) is 10.7. The molecule has 2 saturated heterocycles. The van der Waals surface area contributed by atoms with Gasteiger partial charge in [0.25, 0.3) is 0 Å². The number of rotatable bonds is 33. The molecule has 0 aromatic carbocycles. The molecule has 2 fully saturated rings. The average Bonchev–Trinajstić information content (AvgIpc) is 3.23. The van der Waals surface area contributed by atoms with Crippen molar-refractivity contribution < 1.29 is 73.8 Å². The summed E-state index contributed by atoms with van der Waals surface area (Å²) in [6, 6.07) is 0. The van der Waals surface area contributed by atoms with Gasteiger partial charge in [-0.2, -0.15) is 0 Å². The van der Waals surface area contributed by atoms with Crippen LogP contribution in [0.1, 0.15) is 149 Å². The summed E-state index contributed by atoms with van der Waals surface area (Å²) in [5, 5.41) is 71.7. The summed E-state index contributed by atoms with van der Waals surface area (Å²) in [5.74, 6) is -0.946. The molecule has 2 aliphatic rings. The number of aliphatic hydroxyl groups excluding tert-OH is 7. The first-order valence-electron chi connectivity index (χ1n) is 22.4. The molecule has 2 heterocycles. The minimum absolute atomic E-state index is 0.163. The number of carbonyl (C=O) groups is 2. The Morgan fingerprint density at radius 3 is 1.61 bits per heavy atom. The molecule has 4 unspecified atom stereocenters. The average molecular weight is 847 g/mol. The summed E-state index contributed by atoms with van der Waals surface area (Å²) >= 11 is 0. The molecule has 0 aromatic heterocycles. The summed E-state index contributed by atoms with van der Waals surface area (Å²) in [4.78, 5) is 25.5. The van der Waals surface area contributed by atoms with Crippen molar-refractivity contribution in [3.63, 3.8) is 0 Å². The Bertz CT molecular complexity index is 1140. The van der Waals surface area contributed by atoms with Gasteiger partial charge in [0.15, 0.2) is 18.7 Å². The standard InChI is InChI=1S/C44H78O15/c1-3-5-7-9-11-13-14-15-16-17-18-19-21-22-24-26-35(46)54-29-32(57-36(47)27-25-23-20-12-10-8-6-4-2)30-55-43-42(53)40(51)38(49)34(59-43)31-56-44-41(52)39(50)37(48)33(28-45)58-44/h11,13,15-16,32-34,37-45,48-53H,3-10,12,14,17-31H2,1-2H3/b13-11+,16-15+/t32-,33-,34-,37+,38+,39?,40?,41?,42?,43-,44-/m1/s1. The second-order valence-corrected chi connectivity index (χ2v) is 15.9. The maximum atomic E-state index is 12.8. The molecule has 2 rings (SSSR count). The molecule has 0 spiro atoms. The van der Waals surface area contributed by atoms with Crippen LogP contribution in [0, 0.1) is 0 Å². The van der Waals surface area contributed by atoms with E-state index in [1.165, 1.54) is 44.9 Å². The lowest BCUT2D eigenvalue weighted by atomic mass is 9.98. The highest BCUT2D eigenvalue weighted by Crippen LogP contribution is 2.26. The molecule has 15 heteroatoms. The van der Waals surface area contributed by atoms with Gasteiger partial charge >= 0.3 is 11.9 Å². The van der Waals surface area contributed by atoms with Crippen LogP contribution in [0.25, 0.3) is 0 Å². The van der Waals surface area contributed by atoms with Crippen LogP contribution < -0.4 is 0 Å². The molecule has 0 amide bonds. The number of unbranched alkanes of at least 4 members (excludes halogenated alkanes) is 15. The second-order valence-electron chi connectivity index (χ2n) is 15.9. The molecule has 2 aliphatic heterocycles. The Balaban J connectivity index is 1.84. The molecule has 59 heavy (non-hydrogen) atoms. The fourth-order valence-corrected chi connectivity index (χ4v) is 6.89. The van der Waals surface area contributed by atoms with E-state index < -0.39 is 92.7 Å². The molecule has 7 N–H and O–H groups in total. The van der Waals surface area contributed by atoms with Crippen LogP contribution in [0.15, 0.2) is 24.3 Å². The third-order valence-electron chi connectivity index (χ3n) is 10.7. The van der Waals surface area contributed by atoms with Crippen molar-refractivity contribution in [1.29, 1.82) is 0 Å². The fourth-order valence-electron chi connectivity index (χ4n) is 6.89. The van der Waals surface area contributed by atoms with Crippen LogP contribution in [-0.2, 0) is 38.0 Å². The van der Waals surface area contributed by atoms with E-state index in [9.17, 15) is 45.3 Å². The number of hydrogen-bond donors (Lipinski definition) is 7. The molecule has 0 saturated carbocycles. The predicted molar refractivity (Wildman–Crippen MR) is 220 cm³/mol. The Morgan fingerprint density at radius 1 is 0.542 bits per heavy atom. The molecule has 0 bridgehead atoms. The van der Waals surface area contributed by atoms with Gasteiger partial charge in [-0.1, -0.05) is 115 Å². The minimum Gasteiger partial charge on any atom is -0.462 e. The van der Waals surface area contributed by atoms with Crippen molar-refractivity contribution in [2.45, 2.75) is 216 Å². The quantitative estimate of drug-likeness (QED) is 0.0275. The van der Waals surface area contributed by atoms with Gasteiger partial charge in [-0.05, 0) is 44.9 Å². The number of esters is 2. The van der Waals surface area contributed by atoms with Gasteiger partial charge in [0.1, 0.15) is 55.4 Å². The van der Waals surface area contributed by atoms with Gasteiger partial charge in [0.2, 0.25) is 0 Å². The van der Waals surface area contributed by atoms with Crippen molar-refractivity contribution in [3.8, 4) is 0 Å². The van der Waals surface area contributed by atoms with E-state index in [1.807, 2.05) is 0 Å². The van der Waals surface area contributed by atoms with Gasteiger partial charge in [0, 0.05) is 12.8 Å². The van der Waals surface area contributed by atoms with Crippen molar-refractivity contribution in [1.82, 2.24) is 0 Å². The summed E-state index contributed by atoms with van der Waals surface area (Å²) < 4.78 is 33.3. The zero-order valence-electron chi connectivity index (χ0n) is 35.7. The molecule has 0 aliphatic carbocycles. The highest BCUT2D eigenvalue weighted by atomic mass is 16.7. The molecule has 344 valence electrons. The molecule has 11 atom stereocenters. The second kappa shape index (κ2) is 32.7. The van der Waals surface area contributed by atoms with Gasteiger partial charge in [0.05, 0.1) is 19.8 Å². The van der Waals surface area contributed by atoms with Crippen LogP contribution in [-0.4, -0.2) is 142 Å². The van der Waals surface area contributed by atoms with E-state index in [0.717, 1.165) is 64.2 Å². The summed E-state index contributed by atoms with van der Waals surface area (Å²) in [6.07, 6.45) is 12.4. The van der Waals surface area contributed by atoms with Gasteiger partial charge in [-0.3, -0.25) is 9.59 Å². The highest BCUT2D eigenvalue weighted by Gasteiger charge is 2.47. The monoisotopic (exact) mass is 847 g/mol. The Hall–Kier alpha value is -2.02. The summed E-state index contributed by atoms with van der Waals surface area (Å²) in [6.45, 7) is 2.48. The summed E-state index contributed by atoms with van der Waals surface area (Å²) in [7, 11) is 0. The van der Waals surface area contributed by atoms with Gasteiger partial charge in [-0.15, -0.1) is 0 Å². The molecule has 15 nitrogen and oxygen atoms in total. The Labute approximate surface area is 352 Å². The van der Waals surface area contributed by atoms with Crippen molar-refractivity contribution in [2.75, 3.05) is 26.4 Å². The number of hydrogen-bond acceptors (Lipinski definition) is 15. The van der Waals surface area contributed by atoms with Crippen LogP contribution in [0.5, 0.6) is 0 Å². The Morgan fingerprint density at radius 2 is 1.02 bits per heavy atom. The lowest BCUT2D eigenvalue weighted by Gasteiger charge is -2.42. The molecule has 0 radical (unpaired) electrons. The fraction of sp³-hybridized carbons (Fsp3) is 0.864. The minimum atomic E-state index is -1.76. The van der Waals surface area contributed by atoms with E-state index in [4.69, 9.17) is 28.4 Å². The maximum absolute atomic E-state index is 12.8. The van der Waals surface area contributed by atoms with Crippen molar-refractivity contribution in [2.24, 2.45) is 0 Å². The molecule has 0 aromatic rings.